The summed E-state index contributed by atoms with van der Waals surface area (Å²) in [7, 11) is 0. The van der Waals surface area contributed by atoms with E-state index in [1.54, 1.807) is 11.3 Å². The fraction of sp³-hybridized carbons (Fsp3) is 0.333. The molecule has 1 unspecified atom stereocenters. The van der Waals surface area contributed by atoms with Crippen molar-refractivity contribution >= 4 is 21.6 Å². The van der Waals surface area contributed by atoms with Gasteiger partial charge >= 0.3 is 0 Å². The summed E-state index contributed by atoms with van der Waals surface area (Å²) in [6, 6.07) is 4.09. The van der Waals surface area contributed by atoms with Crippen molar-refractivity contribution in [2.45, 2.75) is 12.3 Å². The predicted octanol–water partition coefficient (Wildman–Crippen LogP) is 2.78. The molecule has 0 radical (unpaired) electrons. The maximum Gasteiger partial charge on any atom is 0.274 e. The second kappa shape index (κ2) is 3.93. The largest absolute Gasteiger partial charge is 0.381 e. The van der Waals surface area contributed by atoms with Crippen molar-refractivity contribution in [2.75, 3.05) is 13.2 Å². The number of rotatable bonds is 2. The first-order chi connectivity index (χ1) is 8.90. The van der Waals surface area contributed by atoms with Gasteiger partial charge in [-0.15, -0.1) is 11.3 Å². The fourth-order valence-electron chi connectivity index (χ4n) is 2.21. The summed E-state index contributed by atoms with van der Waals surface area (Å²) in [4.78, 5) is 7.73. The SMILES string of the molecule is c1cc2[nH]c(-c3nc(C4CCOC4)no3)cc2s1. The molecule has 1 atom stereocenters. The highest BCUT2D eigenvalue weighted by atomic mass is 32.1. The quantitative estimate of drug-likeness (QED) is 0.770. The molecular weight excluding hydrogens is 250 g/mol. The van der Waals surface area contributed by atoms with Gasteiger partial charge in [0, 0.05) is 12.5 Å². The molecule has 3 aromatic heterocycles. The number of thiophene rings is 1. The van der Waals surface area contributed by atoms with E-state index >= 15 is 0 Å². The van der Waals surface area contributed by atoms with Crippen LogP contribution in [0.15, 0.2) is 22.0 Å². The molecule has 4 heterocycles. The van der Waals surface area contributed by atoms with Gasteiger partial charge < -0.3 is 14.2 Å². The van der Waals surface area contributed by atoms with Crippen LogP contribution >= 0.6 is 11.3 Å². The first-order valence-electron chi connectivity index (χ1n) is 5.88. The molecule has 4 rings (SSSR count). The van der Waals surface area contributed by atoms with E-state index in [4.69, 9.17) is 9.26 Å². The summed E-state index contributed by atoms with van der Waals surface area (Å²) in [5, 5.41) is 6.10. The molecule has 1 N–H and O–H groups in total. The molecule has 1 fully saturated rings. The highest BCUT2D eigenvalue weighted by Crippen LogP contribution is 2.29. The molecule has 0 saturated carbocycles. The number of aromatic amines is 1. The molecule has 0 bridgehead atoms. The third-order valence-electron chi connectivity index (χ3n) is 3.21. The molecule has 1 saturated heterocycles. The number of hydrogen-bond donors (Lipinski definition) is 1. The number of ether oxygens (including phenoxy) is 1. The van der Waals surface area contributed by atoms with E-state index in [2.05, 4.69) is 20.5 Å². The second-order valence-electron chi connectivity index (χ2n) is 4.40. The minimum Gasteiger partial charge on any atom is -0.381 e. The first-order valence-corrected chi connectivity index (χ1v) is 6.76. The van der Waals surface area contributed by atoms with Crippen LogP contribution in [-0.2, 0) is 4.74 Å². The zero-order valence-electron chi connectivity index (χ0n) is 9.55. The molecule has 0 aromatic carbocycles. The summed E-state index contributed by atoms with van der Waals surface area (Å²) >= 11 is 1.69. The molecule has 0 amide bonds. The lowest BCUT2D eigenvalue weighted by Gasteiger charge is -1.97. The summed E-state index contributed by atoms with van der Waals surface area (Å²) in [6.45, 7) is 1.48. The Bertz CT molecular complexity index is 650. The van der Waals surface area contributed by atoms with Crippen molar-refractivity contribution in [1.82, 2.24) is 15.1 Å². The van der Waals surface area contributed by atoms with Gasteiger partial charge in [-0.05, 0) is 23.9 Å². The van der Waals surface area contributed by atoms with Gasteiger partial charge in [0.05, 0.1) is 16.8 Å². The molecule has 1 aliphatic rings. The van der Waals surface area contributed by atoms with E-state index < -0.39 is 0 Å². The average molecular weight is 261 g/mol. The topological polar surface area (TPSA) is 63.9 Å². The summed E-state index contributed by atoms with van der Waals surface area (Å²) in [6.07, 6.45) is 0.971. The molecule has 0 aliphatic carbocycles. The van der Waals surface area contributed by atoms with Crippen LogP contribution in [0.4, 0.5) is 0 Å². The van der Waals surface area contributed by atoms with Crippen LogP contribution in [0, 0.1) is 0 Å². The molecule has 0 spiro atoms. The Morgan fingerprint density at radius 3 is 3.28 bits per heavy atom. The van der Waals surface area contributed by atoms with Gasteiger partial charge in [-0.2, -0.15) is 4.98 Å². The van der Waals surface area contributed by atoms with Crippen molar-refractivity contribution in [2.24, 2.45) is 0 Å². The van der Waals surface area contributed by atoms with E-state index in [0.717, 1.165) is 30.1 Å². The first kappa shape index (κ1) is 10.3. The molecule has 92 valence electrons. The van der Waals surface area contributed by atoms with E-state index in [-0.39, 0.29) is 5.92 Å². The number of nitrogens with one attached hydrogen (secondary N) is 1. The Morgan fingerprint density at radius 2 is 2.44 bits per heavy atom. The average Bonchev–Trinajstić information content (AvgIpc) is 3.13. The second-order valence-corrected chi connectivity index (χ2v) is 5.35. The Hall–Kier alpha value is -1.66. The van der Waals surface area contributed by atoms with Crippen LogP contribution in [0.25, 0.3) is 21.8 Å². The smallest absolute Gasteiger partial charge is 0.274 e. The van der Waals surface area contributed by atoms with Crippen molar-refractivity contribution in [3.8, 4) is 11.6 Å². The van der Waals surface area contributed by atoms with Gasteiger partial charge in [-0.3, -0.25) is 0 Å². The Morgan fingerprint density at radius 1 is 1.44 bits per heavy atom. The van der Waals surface area contributed by atoms with Crippen LogP contribution < -0.4 is 0 Å². The molecule has 18 heavy (non-hydrogen) atoms. The predicted molar refractivity (Wildman–Crippen MR) is 67.6 cm³/mol. The molecule has 1 aliphatic heterocycles. The lowest BCUT2D eigenvalue weighted by molar-refractivity contribution is 0.192. The Balaban J connectivity index is 1.69. The van der Waals surface area contributed by atoms with Gasteiger partial charge in [-0.1, -0.05) is 5.16 Å². The highest BCUT2D eigenvalue weighted by molar-refractivity contribution is 7.17. The van der Waals surface area contributed by atoms with E-state index in [1.807, 2.05) is 12.1 Å². The Kier molecular flexibility index (Phi) is 2.24. The van der Waals surface area contributed by atoms with Gasteiger partial charge in [0.1, 0.15) is 5.69 Å². The van der Waals surface area contributed by atoms with Crippen molar-refractivity contribution < 1.29 is 9.26 Å². The number of fused-ring (bicyclic) bond motifs is 1. The van der Waals surface area contributed by atoms with Gasteiger partial charge in [-0.25, -0.2) is 0 Å². The van der Waals surface area contributed by atoms with Crippen LogP contribution in [-0.4, -0.2) is 28.3 Å². The van der Waals surface area contributed by atoms with Crippen LogP contribution in [0.2, 0.25) is 0 Å². The standard InChI is InChI=1S/C12H11N3O2S/c1-3-16-6-7(1)11-14-12(17-15-11)9-5-10-8(13-9)2-4-18-10/h2,4-5,7,13H,1,3,6H2. The maximum absolute atomic E-state index is 5.33. The molecular formula is C12H11N3O2S. The number of nitrogens with zero attached hydrogens (tertiary/aromatic N) is 2. The van der Waals surface area contributed by atoms with Crippen LogP contribution in [0.3, 0.4) is 0 Å². The number of hydrogen-bond acceptors (Lipinski definition) is 5. The molecule has 6 heteroatoms. The zero-order valence-corrected chi connectivity index (χ0v) is 10.4. The highest BCUT2D eigenvalue weighted by Gasteiger charge is 2.23. The van der Waals surface area contributed by atoms with Gasteiger partial charge in [0.15, 0.2) is 5.82 Å². The monoisotopic (exact) mass is 261 g/mol. The van der Waals surface area contributed by atoms with Crippen molar-refractivity contribution in [3.05, 3.63) is 23.3 Å². The maximum atomic E-state index is 5.33. The van der Waals surface area contributed by atoms with E-state index in [1.165, 1.54) is 4.70 Å². The normalized spacial score (nSPS) is 19.9. The number of H-pyrrole nitrogens is 1. The lowest BCUT2D eigenvalue weighted by Crippen LogP contribution is -1.99. The lowest BCUT2D eigenvalue weighted by atomic mass is 10.1. The minimum absolute atomic E-state index is 0.276. The van der Waals surface area contributed by atoms with Gasteiger partial charge in [0.2, 0.25) is 0 Å². The van der Waals surface area contributed by atoms with Crippen LogP contribution in [0.1, 0.15) is 18.2 Å². The summed E-state index contributed by atoms with van der Waals surface area (Å²) in [5.74, 6) is 1.58. The van der Waals surface area contributed by atoms with Gasteiger partial charge in [0.25, 0.3) is 5.89 Å². The van der Waals surface area contributed by atoms with E-state index in [9.17, 15) is 0 Å². The van der Waals surface area contributed by atoms with Crippen LogP contribution in [0.5, 0.6) is 0 Å². The zero-order chi connectivity index (χ0) is 11.9. The third-order valence-corrected chi connectivity index (χ3v) is 4.07. The number of aromatic nitrogens is 3. The summed E-state index contributed by atoms with van der Waals surface area (Å²) < 4.78 is 11.9. The molecule has 5 nitrogen and oxygen atoms in total. The fourth-order valence-corrected chi connectivity index (χ4v) is 2.99. The molecule has 3 aromatic rings. The minimum atomic E-state index is 0.276. The Labute approximate surface area is 107 Å². The third kappa shape index (κ3) is 1.57. The summed E-state index contributed by atoms with van der Waals surface area (Å²) in [5.41, 5.74) is 1.99. The van der Waals surface area contributed by atoms with E-state index in [0.29, 0.717) is 12.5 Å². The van der Waals surface area contributed by atoms with Crippen molar-refractivity contribution in [3.63, 3.8) is 0 Å². The van der Waals surface area contributed by atoms with Crippen molar-refractivity contribution in [1.29, 1.82) is 0 Å².